The molecule has 5 nitrogen and oxygen atoms in total. The highest BCUT2D eigenvalue weighted by atomic mass is 35.5. The standard InChI is InChI=1S/C19H16ClN3O2S/c1-11-3-8-15(9-12(11)2)21-18(25)16-10-26-19(22-16)23-17(24)13-4-6-14(20)7-5-13/h3-10H,1-2H3,(H,21,25)(H,22,23,24). The third-order valence-electron chi connectivity index (χ3n) is 3.83. The van der Waals surface area contributed by atoms with Gasteiger partial charge in [0, 0.05) is 21.7 Å². The molecule has 0 atom stereocenters. The first-order chi connectivity index (χ1) is 12.4. The van der Waals surface area contributed by atoms with Crippen molar-refractivity contribution in [2.75, 3.05) is 10.6 Å². The van der Waals surface area contributed by atoms with E-state index in [0.717, 1.165) is 11.1 Å². The van der Waals surface area contributed by atoms with Gasteiger partial charge in [-0.3, -0.25) is 14.9 Å². The van der Waals surface area contributed by atoms with Gasteiger partial charge in [-0.25, -0.2) is 4.98 Å². The quantitative estimate of drug-likeness (QED) is 0.669. The molecule has 0 aliphatic carbocycles. The lowest BCUT2D eigenvalue weighted by atomic mass is 10.1. The van der Waals surface area contributed by atoms with E-state index < -0.39 is 0 Å². The van der Waals surface area contributed by atoms with Crippen molar-refractivity contribution >= 4 is 45.6 Å². The number of aryl methyl sites for hydroxylation is 2. The molecular weight excluding hydrogens is 370 g/mol. The van der Waals surface area contributed by atoms with Crippen molar-refractivity contribution in [2.45, 2.75) is 13.8 Å². The maximum atomic E-state index is 12.3. The monoisotopic (exact) mass is 385 g/mol. The lowest BCUT2D eigenvalue weighted by Gasteiger charge is -2.06. The number of thiazole rings is 1. The molecule has 0 spiro atoms. The number of anilines is 2. The van der Waals surface area contributed by atoms with Crippen molar-refractivity contribution in [1.29, 1.82) is 0 Å². The summed E-state index contributed by atoms with van der Waals surface area (Å²) >= 11 is 7.00. The summed E-state index contributed by atoms with van der Waals surface area (Å²) in [5, 5.41) is 8.01. The predicted molar refractivity (Wildman–Crippen MR) is 105 cm³/mol. The van der Waals surface area contributed by atoms with Gasteiger partial charge in [0.15, 0.2) is 5.13 Å². The number of halogens is 1. The smallest absolute Gasteiger partial charge is 0.275 e. The third-order valence-corrected chi connectivity index (χ3v) is 4.84. The summed E-state index contributed by atoms with van der Waals surface area (Å²) in [7, 11) is 0. The Bertz CT molecular complexity index is 967. The second-order valence-electron chi connectivity index (χ2n) is 5.75. The van der Waals surface area contributed by atoms with Crippen LogP contribution in [0.2, 0.25) is 5.02 Å². The molecule has 2 N–H and O–H groups in total. The van der Waals surface area contributed by atoms with Gasteiger partial charge in [-0.1, -0.05) is 17.7 Å². The SMILES string of the molecule is Cc1ccc(NC(=O)c2csc(NC(=O)c3ccc(Cl)cc3)n2)cc1C. The maximum absolute atomic E-state index is 12.3. The van der Waals surface area contributed by atoms with Crippen LogP contribution >= 0.6 is 22.9 Å². The van der Waals surface area contributed by atoms with Crippen molar-refractivity contribution in [3.63, 3.8) is 0 Å². The molecule has 0 unspecified atom stereocenters. The normalized spacial score (nSPS) is 10.4. The molecule has 3 aromatic rings. The van der Waals surface area contributed by atoms with Crippen molar-refractivity contribution in [2.24, 2.45) is 0 Å². The first-order valence-corrected chi connectivity index (χ1v) is 9.09. The number of carbonyl (C=O) groups excluding carboxylic acids is 2. The Kier molecular flexibility index (Phi) is 5.35. The highest BCUT2D eigenvalue weighted by Gasteiger charge is 2.14. The lowest BCUT2D eigenvalue weighted by Crippen LogP contribution is -2.14. The summed E-state index contributed by atoms with van der Waals surface area (Å²) in [6.45, 7) is 4.00. The Balaban J connectivity index is 1.66. The van der Waals surface area contributed by atoms with Gasteiger partial charge in [0.1, 0.15) is 5.69 Å². The van der Waals surface area contributed by atoms with Gasteiger partial charge in [-0.05, 0) is 61.4 Å². The number of amides is 2. The molecule has 7 heteroatoms. The molecule has 0 saturated heterocycles. The minimum Gasteiger partial charge on any atom is -0.321 e. The summed E-state index contributed by atoms with van der Waals surface area (Å²) in [6.07, 6.45) is 0. The molecule has 132 valence electrons. The topological polar surface area (TPSA) is 71.1 Å². The third kappa shape index (κ3) is 4.28. The van der Waals surface area contributed by atoms with Crippen LogP contribution in [0, 0.1) is 13.8 Å². The number of hydrogen-bond donors (Lipinski definition) is 2. The van der Waals surface area contributed by atoms with Crippen LogP contribution in [-0.2, 0) is 0 Å². The van der Waals surface area contributed by atoms with Crippen LogP contribution in [0.5, 0.6) is 0 Å². The Morgan fingerprint density at radius 2 is 1.69 bits per heavy atom. The lowest BCUT2D eigenvalue weighted by molar-refractivity contribution is 0.101. The first kappa shape index (κ1) is 18.1. The largest absolute Gasteiger partial charge is 0.321 e. The van der Waals surface area contributed by atoms with Crippen molar-refractivity contribution in [1.82, 2.24) is 4.98 Å². The van der Waals surface area contributed by atoms with Crippen molar-refractivity contribution < 1.29 is 9.59 Å². The number of aromatic nitrogens is 1. The second kappa shape index (κ2) is 7.68. The molecule has 2 amide bonds. The van der Waals surface area contributed by atoms with E-state index in [-0.39, 0.29) is 17.5 Å². The molecular formula is C19H16ClN3O2S. The summed E-state index contributed by atoms with van der Waals surface area (Å²) in [5.41, 5.74) is 3.67. The predicted octanol–water partition coefficient (Wildman–Crippen LogP) is 4.92. The van der Waals surface area contributed by atoms with E-state index in [1.807, 2.05) is 32.0 Å². The number of carbonyl (C=O) groups is 2. The average molecular weight is 386 g/mol. The summed E-state index contributed by atoms with van der Waals surface area (Å²) in [6, 6.07) is 12.2. The second-order valence-corrected chi connectivity index (χ2v) is 7.05. The zero-order valence-electron chi connectivity index (χ0n) is 14.2. The summed E-state index contributed by atoms with van der Waals surface area (Å²) in [4.78, 5) is 28.7. The van der Waals surface area contributed by atoms with Crippen molar-refractivity contribution in [3.05, 3.63) is 75.3 Å². The molecule has 0 saturated carbocycles. The van der Waals surface area contributed by atoms with Gasteiger partial charge < -0.3 is 5.32 Å². The van der Waals surface area contributed by atoms with Gasteiger partial charge in [0.25, 0.3) is 11.8 Å². The number of rotatable bonds is 4. The van der Waals surface area contributed by atoms with E-state index in [4.69, 9.17) is 11.6 Å². The molecule has 0 radical (unpaired) electrons. The molecule has 1 heterocycles. The molecule has 26 heavy (non-hydrogen) atoms. The Labute approximate surface area is 160 Å². The fourth-order valence-electron chi connectivity index (χ4n) is 2.22. The molecule has 0 bridgehead atoms. The fraction of sp³-hybridized carbons (Fsp3) is 0.105. The van der Waals surface area contributed by atoms with E-state index in [0.29, 0.717) is 21.4 Å². The van der Waals surface area contributed by atoms with Crippen molar-refractivity contribution in [3.8, 4) is 0 Å². The maximum Gasteiger partial charge on any atom is 0.275 e. The van der Waals surface area contributed by atoms with Gasteiger partial charge in [-0.2, -0.15) is 0 Å². The van der Waals surface area contributed by atoms with E-state index in [1.54, 1.807) is 29.6 Å². The molecule has 3 rings (SSSR count). The van der Waals surface area contributed by atoms with Gasteiger partial charge in [0.2, 0.25) is 0 Å². The Hall–Kier alpha value is -2.70. The van der Waals surface area contributed by atoms with E-state index >= 15 is 0 Å². The van der Waals surface area contributed by atoms with E-state index in [1.165, 1.54) is 11.3 Å². The average Bonchev–Trinajstić information content (AvgIpc) is 3.07. The highest BCUT2D eigenvalue weighted by molar-refractivity contribution is 7.14. The Morgan fingerprint density at radius 1 is 0.962 bits per heavy atom. The van der Waals surface area contributed by atoms with Crippen LogP contribution in [0.1, 0.15) is 32.0 Å². The number of nitrogens with zero attached hydrogens (tertiary/aromatic N) is 1. The van der Waals surface area contributed by atoms with Crippen LogP contribution in [-0.4, -0.2) is 16.8 Å². The molecule has 0 aliphatic heterocycles. The van der Waals surface area contributed by atoms with Gasteiger partial charge in [-0.15, -0.1) is 11.3 Å². The zero-order valence-corrected chi connectivity index (χ0v) is 15.7. The Morgan fingerprint density at radius 3 is 2.38 bits per heavy atom. The summed E-state index contributed by atoms with van der Waals surface area (Å²) in [5.74, 6) is -0.631. The highest BCUT2D eigenvalue weighted by Crippen LogP contribution is 2.19. The van der Waals surface area contributed by atoms with E-state index in [9.17, 15) is 9.59 Å². The number of benzene rings is 2. The van der Waals surface area contributed by atoms with Gasteiger partial charge >= 0.3 is 0 Å². The van der Waals surface area contributed by atoms with Crippen LogP contribution in [0.15, 0.2) is 47.8 Å². The van der Waals surface area contributed by atoms with Gasteiger partial charge in [0.05, 0.1) is 0 Å². The zero-order chi connectivity index (χ0) is 18.7. The van der Waals surface area contributed by atoms with E-state index in [2.05, 4.69) is 15.6 Å². The summed E-state index contributed by atoms with van der Waals surface area (Å²) < 4.78 is 0. The fourth-order valence-corrected chi connectivity index (χ4v) is 3.03. The van der Waals surface area contributed by atoms with Crippen LogP contribution in [0.25, 0.3) is 0 Å². The van der Waals surface area contributed by atoms with Crippen LogP contribution in [0.3, 0.4) is 0 Å². The molecule has 0 aliphatic rings. The minimum atomic E-state index is -0.323. The minimum absolute atomic E-state index is 0.250. The van der Waals surface area contributed by atoms with Crippen LogP contribution < -0.4 is 10.6 Å². The molecule has 1 aromatic heterocycles. The first-order valence-electron chi connectivity index (χ1n) is 7.83. The molecule has 2 aromatic carbocycles. The number of hydrogen-bond acceptors (Lipinski definition) is 4. The van der Waals surface area contributed by atoms with Crippen LogP contribution in [0.4, 0.5) is 10.8 Å². The number of nitrogens with one attached hydrogen (secondary N) is 2. The molecule has 0 fully saturated rings.